The highest BCUT2D eigenvalue weighted by molar-refractivity contribution is 7.14. The maximum atomic E-state index is 14.4. The van der Waals surface area contributed by atoms with Gasteiger partial charge in [0.25, 0.3) is 5.91 Å². The number of hydrogen-bond donors (Lipinski definition) is 2. The fraction of sp³-hybridized carbons (Fsp3) is 0.0476. The Labute approximate surface area is 179 Å². The van der Waals surface area contributed by atoms with Crippen molar-refractivity contribution in [3.8, 4) is 21.8 Å². The molecule has 0 radical (unpaired) electrons. The van der Waals surface area contributed by atoms with Gasteiger partial charge < -0.3 is 5.32 Å². The van der Waals surface area contributed by atoms with Crippen molar-refractivity contribution in [3.05, 3.63) is 70.8 Å². The van der Waals surface area contributed by atoms with E-state index in [4.69, 9.17) is 0 Å². The number of aromatic nitrogens is 2. The minimum absolute atomic E-state index is 0.279. The molecule has 0 aliphatic rings. The lowest BCUT2D eigenvalue weighted by atomic mass is 10.1. The van der Waals surface area contributed by atoms with Crippen molar-refractivity contribution in [2.45, 2.75) is 6.92 Å². The van der Waals surface area contributed by atoms with Gasteiger partial charge in [-0.15, -0.1) is 22.7 Å². The van der Waals surface area contributed by atoms with Crippen molar-refractivity contribution < 1.29 is 14.0 Å². The van der Waals surface area contributed by atoms with Crippen molar-refractivity contribution in [1.82, 2.24) is 9.97 Å². The number of thiazole rings is 2. The number of amides is 2. The summed E-state index contributed by atoms with van der Waals surface area (Å²) in [4.78, 5) is 32.3. The van der Waals surface area contributed by atoms with Gasteiger partial charge >= 0.3 is 0 Å². The smallest absolute Gasteiger partial charge is 0.276 e. The zero-order valence-electron chi connectivity index (χ0n) is 15.7. The van der Waals surface area contributed by atoms with Gasteiger partial charge in [-0.3, -0.25) is 14.9 Å². The number of halogens is 1. The molecule has 0 atom stereocenters. The minimum atomic E-state index is -0.517. The number of nitrogens with zero attached hydrogens (tertiary/aromatic N) is 2. The topological polar surface area (TPSA) is 84.0 Å². The maximum absolute atomic E-state index is 14.4. The molecule has 0 saturated heterocycles. The molecule has 2 aromatic carbocycles. The highest BCUT2D eigenvalue weighted by Crippen LogP contribution is 2.29. The molecule has 150 valence electrons. The Balaban J connectivity index is 1.48. The first-order valence-electron chi connectivity index (χ1n) is 8.85. The normalized spacial score (nSPS) is 10.6. The van der Waals surface area contributed by atoms with Gasteiger partial charge in [-0.05, 0) is 18.2 Å². The lowest BCUT2D eigenvalue weighted by Crippen LogP contribution is -2.12. The van der Waals surface area contributed by atoms with Crippen LogP contribution in [0, 0.1) is 5.82 Å². The van der Waals surface area contributed by atoms with Gasteiger partial charge in [0.05, 0.1) is 5.69 Å². The molecule has 0 fully saturated rings. The van der Waals surface area contributed by atoms with E-state index in [2.05, 4.69) is 20.6 Å². The van der Waals surface area contributed by atoms with Gasteiger partial charge in [-0.2, -0.15) is 0 Å². The Hall–Kier alpha value is -3.43. The van der Waals surface area contributed by atoms with E-state index in [-0.39, 0.29) is 17.4 Å². The van der Waals surface area contributed by atoms with Crippen LogP contribution < -0.4 is 10.6 Å². The molecule has 0 spiro atoms. The van der Waals surface area contributed by atoms with Crippen LogP contribution in [-0.2, 0) is 4.79 Å². The zero-order chi connectivity index (χ0) is 21.1. The predicted molar refractivity (Wildman–Crippen MR) is 117 cm³/mol. The van der Waals surface area contributed by atoms with Crippen LogP contribution in [0.25, 0.3) is 21.8 Å². The summed E-state index contributed by atoms with van der Waals surface area (Å²) in [5.74, 6) is -1.18. The number of hydrogen-bond acceptors (Lipinski definition) is 6. The third-order valence-electron chi connectivity index (χ3n) is 4.05. The second-order valence-corrected chi connectivity index (χ2v) is 7.99. The number of anilines is 2. The van der Waals surface area contributed by atoms with Crippen molar-refractivity contribution >= 4 is 45.3 Å². The van der Waals surface area contributed by atoms with Gasteiger partial charge in [0, 0.05) is 34.5 Å². The van der Waals surface area contributed by atoms with Gasteiger partial charge in [-0.1, -0.05) is 30.3 Å². The molecule has 0 unspecified atom stereocenters. The van der Waals surface area contributed by atoms with Crippen molar-refractivity contribution in [2.24, 2.45) is 0 Å². The lowest BCUT2D eigenvalue weighted by Gasteiger charge is -2.04. The monoisotopic (exact) mass is 438 g/mol. The summed E-state index contributed by atoms with van der Waals surface area (Å²) in [5, 5.41) is 9.67. The average molecular weight is 439 g/mol. The van der Waals surface area contributed by atoms with Crippen LogP contribution in [-0.4, -0.2) is 21.8 Å². The summed E-state index contributed by atoms with van der Waals surface area (Å²) in [6.45, 7) is 1.35. The summed E-state index contributed by atoms with van der Waals surface area (Å²) in [7, 11) is 0. The maximum Gasteiger partial charge on any atom is 0.276 e. The van der Waals surface area contributed by atoms with Crippen LogP contribution in [0.4, 0.5) is 15.2 Å². The van der Waals surface area contributed by atoms with Crippen LogP contribution >= 0.6 is 22.7 Å². The first-order chi connectivity index (χ1) is 14.5. The second-order valence-electron chi connectivity index (χ2n) is 6.27. The molecule has 0 bridgehead atoms. The van der Waals surface area contributed by atoms with Gasteiger partial charge in [0.1, 0.15) is 16.5 Å². The minimum Gasteiger partial charge on any atom is -0.326 e. The fourth-order valence-corrected chi connectivity index (χ4v) is 4.22. The standard InChI is InChI=1S/C21H15FN4O2S2/c1-12(27)23-14-7-8-15(16(22)9-14)17-10-30-21(25-17)26-19(28)18-11-29-20(24-18)13-5-3-2-4-6-13/h2-11H,1H3,(H,23,27)(H,25,26,28). The zero-order valence-corrected chi connectivity index (χ0v) is 17.3. The first-order valence-corrected chi connectivity index (χ1v) is 10.6. The lowest BCUT2D eigenvalue weighted by molar-refractivity contribution is -0.114. The average Bonchev–Trinajstić information content (AvgIpc) is 3.38. The molecule has 2 aromatic heterocycles. The molecular weight excluding hydrogens is 423 g/mol. The highest BCUT2D eigenvalue weighted by Gasteiger charge is 2.15. The molecule has 2 amide bonds. The Morgan fingerprint density at radius 1 is 0.967 bits per heavy atom. The Kier molecular flexibility index (Phi) is 5.64. The number of carbonyl (C=O) groups excluding carboxylic acids is 2. The molecule has 9 heteroatoms. The summed E-state index contributed by atoms with van der Waals surface area (Å²) >= 11 is 2.57. The van der Waals surface area contributed by atoms with E-state index in [0.29, 0.717) is 22.2 Å². The van der Waals surface area contributed by atoms with Crippen molar-refractivity contribution in [1.29, 1.82) is 0 Å². The van der Waals surface area contributed by atoms with Crippen LogP contribution in [0.15, 0.2) is 59.3 Å². The molecular formula is C21H15FN4O2S2. The second kappa shape index (κ2) is 8.52. The van der Waals surface area contributed by atoms with E-state index in [9.17, 15) is 14.0 Å². The summed E-state index contributed by atoms with van der Waals surface area (Å²) in [6.07, 6.45) is 0. The van der Waals surface area contributed by atoms with Crippen LogP contribution in [0.5, 0.6) is 0 Å². The molecule has 2 N–H and O–H groups in total. The largest absolute Gasteiger partial charge is 0.326 e. The molecule has 0 saturated carbocycles. The molecule has 4 aromatic rings. The highest BCUT2D eigenvalue weighted by atomic mass is 32.1. The number of carbonyl (C=O) groups is 2. The van der Waals surface area contributed by atoms with Crippen LogP contribution in [0.1, 0.15) is 17.4 Å². The van der Waals surface area contributed by atoms with Crippen molar-refractivity contribution in [3.63, 3.8) is 0 Å². The predicted octanol–water partition coefficient (Wildman–Crippen LogP) is 5.28. The van der Waals surface area contributed by atoms with E-state index in [1.807, 2.05) is 30.3 Å². The van der Waals surface area contributed by atoms with Crippen LogP contribution in [0.2, 0.25) is 0 Å². The molecule has 4 rings (SSSR count). The molecule has 30 heavy (non-hydrogen) atoms. The fourth-order valence-electron chi connectivity index (χ4n) is 2.71. The van der Waals surface area contributed by atoms with Gasteiger partial charge in [0.2, 0.25) is 5.91 Å². The Bertz CT molecular complexity index is 1220. The summed E-state index contributed by atoms with van der Waals surface area (Å²) in [5.41, 5.74) is 2.27. The quantitative estimate of drug-likeness (QED) is 0.444. The third-order valence-corrected chi connectivity index (χ3v) is 5.70. The molecule has 0 aliphatic heterocycles. The third kappa shape index (κ3) is 4.42. The van der Waals surface area contributed by atoms with Gasteiger partial charge in [0.15, 0.2) is 5.13 Å². The number of nitrogens with one attached hydrogen (secondary N) is 2. The van der Waals surface area contributed by atoms with E-state index in [1.54, 1.807) is 16.8 Å². The van der Waals surface area contributed by atoms with Gasteiger partial charge in [-0.25, -0.2) is 14.4 Å². The number of rotatable bonds is 5. The van der Waals surface area contributed by atoms with E-state index in [0.717, 1.165) is 10.6 Å². The SMILES string of the molecule is CC(=O)Nc1ccc(-c2csc(NC(=O)c3csc(-c4ccccc4)n3)n2)c(F)c1. The first kappa shape index (κ1) is 19.9. The van der Waals surface area contributed by atoms with E-state index < -0.39 is 5.82 Å². The van der Waals surface area contributed by atoms with Crippen molar-refractivity contribution in [2.75, 3.05) is 10.6 Å². The summed E-state index contributed by atoms with van der Waals surface area (Å²) < 4.78 is 14.4. The molecule has 6 nitrogen and oxygen atoms in total. The van der Waals surface area contributed by atoms with Crippen LogP contribution in [0.3, 0.4) is 0 Å². The Morgan fingerprint density at radius 3 is 2.50 bits per heavy atom. The number of benzene rings is 2. The van der Waals surface area contributed by atoms with E-state index in [1.165, 1.54) is 41.7 Å². The summed E-state index contributed by atoms with van der Waals surface area (Å²) in [6, 6.07) is 14.0. The molecule has 2 heterocycles. The molecule has 0 aliphatic carbocycles. The Morgan fingerprint density at radius 2 is 1.77 bits per heavy atom. The van der Waals surface area contributed by atoms with E-state index >= 15 is 0 Å².